The maximum atomic E-state index is 12.0. The summed E-state index contributed by atoms with van der Waals surface area (Å²) in [7, 11) is 1.55. The number of amides is 3. The van der Waals surface area contributed by atoms with Gasteiger partial charge in [-0.15, -0.1) is 0 Å². The van der Waals surface area contributed by atoms with Crippen LogP contribution in [0.2, 0.25) is 0 Å². The average molecular weight is 334 g/mol. The summed E-state index contributed by atoms with van der Waals surface area (Å²) >= 11 is 0. The van der Waals surface area contributed by atoms with Gasteiger partial charge in [0.2, 0.25) is 17.7 Å². The molecule has 0 atom stereocenters. The molecule has 0 aliphatic carbocycles. The van der Waals surface area contributed by atoms with Crippen molar-refractivity contribution in [3.63, 3.8) is 0 Å². The minimum absolute atomic E-state index is 0.0678. The lowest BCUT2D eigenvalue weighted by molar-refractivity contribution is -0.133. The molecule has 1 aromatic heterocycles. The predicted octanol–water partition coefficient (Wildman–Crippen LogP) is 1.34. The minimum atomic E-state index is -0.490. The van der Waals surface area contributed by atoms with E-state index in [-0.39, 0.29) is 37.2 Å². The number of anilines is 1. The van der Waals surface area contributed by atoms with Crippen LogP contribution >= 0.6 is 0 Å². The topological polar surface area (TPSA) is 91.4 Å². The predicted molar refractivity (Wildman–Crippen MR) is 92.3 cm³/mol. The molecule has 24 heavy (non-hydrogen) atoms. The van der Waals surface area contributed by atoms with Crippen LogP contribution < -0.4 is 10.6 Å². The van der Waals surface area contributed by atoms with Gasteiger partial charge in [0, 0.05) is 31.6 Å². The quantitative estimate of drug-likeness (QED) is 0.821. The molecule has 0 spiro atoms. The van der Waals surface area contributed by atoms with Crippen LogP contribution in [0.4, 0.5) is 5.82 Å². The fourth-order valence-electron chi connectivity index (χ4n) is 1.83. The van der Waals surface area contributed by atoms with Crippen molar-refractivity contribution in [3.8, 4) is 0 Å². The van der Waals surface area contributed by atoms with E-state index in [1.807, 2.05) is 13.0 Å². The minimum Gasteiger partial charge on any atom is -0.355 e. The second kappa shape index (κ2) is 8.42. The van der Waals surface area contributed by atoms with Gasteiger partial charge in [-0.25, -0.2) is 4.98 Å². The Balaban J connectivity index is 2.38. The number of likely N-dealkylation sites (N-methyl/N-ethyl adjacent to an activating group) is 1. The first-order chi connectivity index (χ1) is 11.1. The summed E-state index contributed by atoms with van der Waals surface area (Å²) in [5.41, 5.74) is 0.495. The third kappa shape index (κ3) is 6.76. The van der Waals surface area contributed by atoms with E-state index in [1.165, 1.54) is 4.90 Å². The molecule has 1 aromatic rings. The average Bonchev–Trinajstić information content (AvgIpc) is 2.45. The molecule has 0 aliphatic heterocycles. The van der Waals surface area contributed by atoms with Crippen molar-refractivity contribution < 1.29 is 14.4 Å². The lowest BCUT2D eigenvalue weighted by atomic mass is 9.96. The standard InChI is InChI=1S/C17H26N4O3/c1-12-6-8-18-13(10-12)20-14(22)11-21(5)15(23)7-9-19-16(24)17(2,3)4/h6,8,10H,7,9,11H2,1-5H3,(H,19,24)(H,18,20,22). The van der Waals surface area contributed by atoms with Crippen LogP contribution in [0.25, 0.3) is 0 Å². The number of rotatable bonds is 6. The Labute approximate surface area is 142 Å². The summed E-state index contributed by atoms with van der Waals surface area (Å²) in [6.07, 6.45) is 1.76. The van der Waals surface area contributed by atoms with Crippen molar-refractivity contribution in [2.24, 2.45) is 5.41 Å². The monoisotopic (exact) mass is 334 g/mol. The van der Waals surface area contributed by atoms with Crippen molar-refractivity contribution in [2.75, 3.05) is 25.5 Å². The van der Waals surface area contributed by atoms with Gasteiger partial charge in [0.15, 0.2) is 0 Å². The normalized spacial score (nSPS) is 10.9. The highest BCUT2D eigenvalue weighted by molar-refractivity contribution is 5.93. The molecule has 7 heteroatoms. The van der Waals surface area contributed by atoms with Crippen LogP contribution in [0.15, 0.2) is 18.3 Å². The van der Waals surface area contributed by atoms with Crippen molar-refractivity contribution in [1.29, 1.82) is 0 Å². The Morgan fingerprint density at radius 2 is 1.92 bits per heavy atom. The third-order valence-corrected chi connectivity index (χ3v) is 3.30. The number of carbonyl (C=O) groups excluding carboxylic acids is 3. The highest BCUT2D eigenvalue weighted by atomic mass is 16.2. The summed E-state index contributed by atoms with van der Waals surface area (Å²) in [5.74, 6) is -0.182. The number of hydrogen-bond acceptors (Lipinski definition) is 4. The van der Waals surface area contributed by atoms with Crippen LogP contribution in [-0.4, -0.2) is 47.7 Å². The first-order valence-electron chi connectivity index (χ1n) is 7.84. The lowest BCUT2D eigenvalue weighted by Gasteiger charge is -2.19. The number of hydrogen-bond donors (Lipinski definition) is 2. The Morgan fingerprint density at radius 3 is 2.50 bits per heavy atom. The molecule has 0 saturated heterocycles. The Hall–Kier alpha value is -2.44. The SMILES string of the molecule is Cc1ccnc(NC(=O)CN(C)C(=O)CCNC(=O)C(C)(C)C)c1. The van der Waals surface area contributed by atoms with Crippen molar-refractivity contribution >= 4 is 23.5 Å². The number of pyridine rings is 1. The van der Waals surface area contributed by atoms with Crippen LogP contribution in [0.3, 0.4) is 0 Å². The Kier molecular flexibility index (Phi) is 6.88. The molecule has 2 N–H and O–H groups in total. The zero-order valence-corrected chi connectivity index (χ0v) is 15.0. The summed E-state index contributed by atoms with van der Waals surface area (Å²) in [6, 6.07) is 3.58. The van der Waals surface area contributed by atoms with Gasteiger partial charge in [-0.05, 0) is 24.6 Å². The van der Waals surface area contributed by atoms with Gasteiger partial charge in [-0.1, -0.05) is 20.8 Å². The fraction of sp³-hybridized carbons (Fsp3) is 0.529. The lowest BCUT2D eigenvalue weighted by Crippen LogP contribution is -2.39. The molecule has 0 radical (unpaired) electrons. The zero-order chi connectivity index (χ0) is 18.3. The number of carbonyl (C=O) groups is 3. The van der Waals surface area contributed by atoms with E-state index in [2.05, 4.69) is 15.6 Å². The fourth-order valence-corrected chi connectivity index (χ4v) is 1.83. The molecule has 132 valence electrons. The molecule has 0 unspecified atom stereocenters. The van der Waals surface area contributed by atoms with E-state index in [4.69, 9.17) is 0 Å². The first kappa shape index (κ1) is 19.6. The van der Waals surface area contributed by atoms with Gasteiger partial charge in [0.25, 0.3) is 0 Å². The molecular weight excluding hydrogens is 308 g/mol. The number of aryl methyl sites for hydroxylation is 1. The largest absolute Gasteiger partial charge is 0.355 e. The molecule has 3 amide bonds. The highest BCUT2D eigenvalue weighted by Crippen LogP contribution is 2.12. The summed E-state index contributed by atoms with van der Waals surface area (Å²) in [4.78, 5) is 41.0. The maximum Gasteiger partial charge on any atom is 0.245 e. The van der Waals surface area contributed by atoms with Gasteiger partial charge < -0.3 is 15.5 Å². The van der Waals surface area contributed by atoms with Crippen molar-refractivity contribution in [1.82, 2.24) is 15.2 Å². The molecule has 0 fully saturated rings. The van der Waals surface area contributed by atoms with Crippen molar-refractivity contribution in [3.05, 3.63) is 23.9 Å². The second-order valence-electron chi connectivity index (χ2n) is 6.77. The van der Waals surface area contributed by atoms with Crippen LogP contribution in [-0.2, 0) is 14.4 Å². The smallest absolute Gasteiger partial charge is 0.245 e. The molecule has 1 heterocycles. The van der Waals surface area contributed by atoms with Gasteiger partial charge in [0.05, 0.1) is 6.54 Å². The first-order valence-corrected chi connectivity index (χ1v) is 7.84. The molecule has 1 rings (SSSR count). The second-order valence-corrected chi connectivity index (χ2v) is 6.77. The Morgan fingerprint density at radius 1 is 1.25 bits per heavy atom. The molecule has 7 nitrogen and oxygen atoms in total. The van der Waals surface area contributed by atoms with Gasteiger partial charge in [0.1, 0.15) is 5.82 Å². The number of aromatic nitrogens is 1. The zero-order valence-electron chi connectivity index (χ0n) is 15.0. The Bertz CT molecular complexity index is 608. The van der Waals surface area contributed by atoms with Gasteiger partial charge >= 0.3 is 0 Å². The molecule has 0 saturated carbocycles. The van der Waals surface area contributed by atoms with E-state index in [0.29, 0.717) is 5.82 Å². The summed E-state index contributed by atoms with van der Waals surface area (Å²) < 4.78 is 0. The van der Waals surface area contributed by atoms with Crippen LogP contribution in [0.5, 0.6) is 0 Å². The number of nitrogens with zero attached hydrogens (tertiary/aromatic N) is 2. The highest BCUT2D eigenvalue weighted by Gasteiger charge is 2.21. The molecule has 0 bridgehead atoms. The van der Waals surface area contributed by atoms with E-state index < -0.39 is 5.41 Å². The molecule has 0 aliphatic rings. The van der Waals surface area contributed by atoms with Crippen molar-refractivity contribution in [2.45, 2.75) is 34.1 Å². The molecular formula is C17H26N4O3. The van der Waals surface area contributed by atoms with E-state index in [9.17, 15) is 14.4 Å². The van der Waals surface area contributed by atoms with Gasteiger partial charge in [-0.3, -0.25) is 14.4 Å². The van der Waals surface area contributed by atoms with E-state index in [0.717, 1.165) is 5.56 Å². The third-order valence-electron chi connectivity index (χ3n) is 3.30. The number of nitrogens with one attached hydrogen (secondary N) is 2. The summed E-state index contributed by atoms with van der Waals surface area (Å²) in [5, 5.41) is 5.36. The van der Waals surface area contributed by atoms with E-state index >= 15 is 0 Å². The van der Waals surface area contributed by atoms with E-state index in [1.54, 1.807) is 40.1 Å². The summed E-state index contributed by atoms with van der Waals surface area (Å²) in [6.45, 7) is 7.50. The van der Waals surface area contributed by atoms with Gasteiger partial charge in [-0.2, -0.15) is 0 Å². The van der Waals surface area contributed by atoms with Crippen LogP contribution in [0.1, 0.15) is 32.8 Å². The maximum absolute atomic E-state index is 12.0. The molecule has 0 aromatic carbocycles. The van der Waals surface area contributed by atoms with Crippen LogP contribution in [0, 0.1) is 12.3 Å².